The summed E-state index contributed by atoms with van der Waals surface area (Å²) in [6, 6.07) is 0.736. The predicted molar refractivity (Wildman–Crippen MR) is 74.8 cm³/mol. The summed E-state index contributed by atoms with van der Waals surface area (Å²) in [4.78, 5) is 12.0. The maximum Gasteiger partial charge on any atom is 0.235 e. The third kappa shape index (κ3) is 4.25. The molecule has 4 heteroatoms. The van der Waals surface area contributed by atoms with Crippen LogP contribution in [0.1, 0.15) is 60.3 Å². The van der Waals surface area contributed by atoms with Crippen LogP contribution in [-0.2, 0) is 4.79 Å². The summed E-state index contributed by atoms with van der Waals surface area (Å²) < 4.78 is 0. The molecule has 0 aromatic carbocycles. The molecule has 0 radical (unpaired) electrons. The molecule has 0 bridgehead atoms. The van der Waals surface area contributed by atoms with E-state index >= 15 is 0 Å². The fraction of sp³-hybridized carbons (Fsp3) is 0.929. The first kappa shape index (κ1) is 15.4. The first-order valence-corrected chi connectivity index (χ1v) is 7.05. The smallest absolute Gasteiger partial charge is 0.235 e. The molecule has 1 rings (SSSR count). The second-order valence-corrected chi connectivity index (χ2v) is 6.75. The van der Waals surface area contributed by atoms with Crippen LogP contribution < -0.4 is 11.2 Å². The molecule has 106 valence electrons. The lowest BCUT2D eigenvalue weighted by Gasteiger charge is -2.39. The number of carbonyl (C=O) groups excluding carboxylic acids is 1. The zero-order chi connectivity index (χ0) is 13.9. The number of rotatable bonds is 3. The van der Waals surface area contributed by atoms with Gasteiger partial charge in [0.25, 0.3) is 0 Å². The molecule has 0 spiro atoms. The Balaban J connectivity index is 2.48. The van der Waals surface area contributed by atoms with Crippen LogP contribution in [0.4, 0.5) is 0 Å². The van der Waals surface area contributed by atoms with E-state index in [1.807, 2.05) is 0 Å². The van der Waals surface area contributed by atoms with Crippen LogP contribution in [-0.4, -0.2) is 29.0 Å². The van der Waals surface area contributed by atoms with Crippen molar-refractivity contribution in [1.82, 2.24) is 10.4 Å². The number of piperidine rings is 1. The predicted octanol–water partition coefficient (Wildman–Crippen LogP) is 2.04. The number of hydrogen-bond donors (Lipinski definition) is 2. The minimum atomic E-state index is -0.104. The lowest BCUT2D eigenvalue weighted by molar-refractivity contribution is -0.130. The highest BCUT2D eigenvalue weighted by Crippen LogP contribution is 2.22. The van der Waals surface area contributed by atoms with Crippen LogP contribution >= 0.6 is 0 Å². The molecule has 1 aliphatic heterocycles. The molecule has 18 heavy (non-hydrogen) atoms. The average molecular weight is 255 g/mol. The molecule has 4 nitrogen and oxygen atoms in total. The van der Waals surface area contributed by atoms with E-state index in [2.05, 4.69) is 45.1 Å². The van der Waals surface area contributed by atoms with E-state index in [-0.39, 0.29) is 17.4 Å². The highest BCUT2D eigenvalue weighted by Gasteiger charge is 2.28. The first-order valence-electron chi connectivity index (χ1n) is 7.05. The molecule has 1 aliphatic rings. The van der Waals surface area contributed by atoms with Gasteiger partial charge in [-0.25, -0.2) is 5.01 Å². The maximum absolute atomic E-state index is 12.0. The Hall–Kier alpha value is -0.610. The Morgan fingerprint density at radius 3 is 2.28 bits per heavy atom. The lowest BCUT2D eigenvalue weighted by Crippen LogP contribution is -2.55. The van der Waals surface area contributed by atoms with Gasteiger partial charge in [0.2, 0.25) is 5.91 Å². The SMILES string of the molecule is CC1CCCC(C)N1NC(=O)CC(N)C(C)(C)C. The van der Waals surface area contributed by atoms with Crippen molar-refractivity contribution in [1.29, 1.82) is 0 Å². The van der Waals surface area contributed by atoms with Gasteiger partial charge in [0.05, 0.1) is 0 Å². The number of nitrogens with zero attached hydrogens (tertiary/aromatic N) is 1. The summed E-state index contributed by atoms with van der Waals surface area (Å²) in [5.41, 5.74) is 9.05. The van der Waals surface area contributed by atoms with Crippen LogP contribution in [0.15, 0.2) is 0 Å². The van der Waals surface area contributed by atoms with Crippen molar-refractivity contribution in [3.05, 3.63) is 0 Å². The molecule has 1 saturated heterocycles. The van der Waals surface area contributed by atoms with Gasteiger partial charge in [-0.05, 0) is 32.1 Å². The fourth-order valence-electron chi connectivity index (χ4n) is 2.34. The molecular formula is C14H29N3O. The number of nitrogens with one attached hydrogen (secondary N) is 1. The lowest BCUT2D eigenvalue weighted by atomic mass is 9.85. The average Bonchev–Trinajstić information content (AvgIpc) is 2.22. The van der Waals surface area contributed by atoms with Gasteiger partial charge in [-0.2, -0.15) is 0 Å². The Morgan fingerprint density at radius 2 is 1.83 bits per heavy atom. The zero-order valence-electron chi connectivity index (χ0n) is 12.5. The van der Waals surface area contributed by atoms with Crippen molar-refractivity contribution in [2.75, 3.05) is 0 Å². The van der Waals surface area contributed by atoms with E-state index in [9.17, 15) is 4.79 Å². The first-order chi connectivity index (χ1) is 8.21. The quantitative estimate of drug-likeness (QED) is 0.811. The van der Waals surface area contributed by atoms with E-state index in [0.717, 1.165) is 12.8 Å². The molecule has 0 aromatic rings. The molecule has 3 unspecified atom stereocenters. The topological polar surface area (TPSA) is 58.4 Å². The normalized spacial score (nSPS) is 27.9. The van der Waals surface area contributed by atoms with Crippen LogP contribution in [0.25, 0.3) is 0 Å². The van der Waals surface area contributed by atoms with Crippen molar-refractivity contribution < 1.29 is 4.79 Å². The highest BCUT2D eigenvalue weighted by molar-refractivity contribution is 5.76. The second kappa shape index (κ2) is 6.02. The molecular weight excluding hydrogens is 226 g/mol. The zero-order valence-corrected chi connectivity index (χ0v) is 12.5. The molecule has 0 aromatic heterocycles. The number of hydrazine groups is 1. The number of amides is 1. The van der Waals surface area contributed by atoms with E-state index < -0.39 is 0 Å². The van der Waals surface area contributed by atoms with Crippen molar-refractivity contribution >= 4 is 5.91 Å². The van der Waals surface area contributed by atoms with Crippen LogP contribution in [0.5, 0.6) is 0 Å². The Kier molecular flexibility index (Phi) is 5.17. The number of nitrogens with two attached hydrogens (primary N) is 1. The van der Waals surface area contributed by atoms with Gasteiger partial charge in [0.1, 0.15) is 0 Å². The van der Waals surface area contributed by atoms with Gasteiger partial charge in [0.15, 0.2) is 0 Å². The van der Waals surface area contributed by atoms with E-state index in [0.29, 0.717) is 18.5 Å². The van der Waals surface area contributed by atoms with Gasteiger partial charge in [0, 0.05) is 24.5 Å². The summed E-state index contributed by atoms with van der Waals surface area (Å²) in [5.74, 6) is 0.0398. The number of hydrogen-bond acceptors (Lipinski definition) is 3. The Labute approximate surface area is 111 Å². The van der Waals surface area contributed by atoms with Crippen molar-refractivity contribution in [3.8, 4) is 0 Å². The van der Waals surface area contributed by atoms with E-state index in [4.69, 9.17) is 5.73 Å². The summed E-state index contributed by atoms with van der Waals surface area (Å²) in [5, 5.41) is 2.10. The largest absolute Gasteiger partial charge is 0.327 e. The molecule has 0 aliphatic carbocycles. The molecule has 1 fully saturated rings. The summed E-state index contributed by atoms with van der Waals surface area (Å²) >= 11 is 0. The van der Waals surface area contributed by atoms with Crippen molar-refractivity contribution in [2.24, 2.45) is 11.1 Å². The second-order valence-electron chi connectivity index (χ2n) is 6.75. The summed E-state index contributed by atoms with van der Waals surface area (Å²) in [6.07, 6.45) is 3.93. The van der Waals surface area contributed by atoms with Gasteiger partial charge in [-0.3, -0.25) is 10.2 Å². The van der Waals surface area contributed by atoms with Crippen molar-refractivity contribution in [2.45, 2.75) is 78.4 Å². The maximum atomic E-state index is 12.0. The van der Waals surface area contributed by atoms with E-state index in [1.54, 1.807) is 0 Å². The molecule has 0 saturated carbocycles. The van der Waals surface area contributed by atoms with Crippen LogP contribution in [0.2, 0.25) is 0 Å². The summed E-state index contributed by atoms with van der Waals surface area (Å²) in [6.45, 7) is 10.5. The fourth-order valence-corrected chi connectivity index (χ4v) is 2.34. The van der Waals surface area contributed by atoms with E-state index in [1.165, 1.54) is 6.42 Å². The molecule has 1 amide bonds. The Bertz CT molecular complexity index is 275. The van der Waals surface area contributed by atoms with Gasteiger partial charge in [-0.1, -0.05) is 27.2 Å². The third-order valence-electron chi connectivity index (χ3n) is 3.97. The number of carbonyl (C=O) groups is 1. The molecule has 1 heterocycles. The van der Waals surface area contributed by atoms with Gasteiger partial charge < -0.3 is 5.73 Å². The van der Waals surface area contributed by atoms with Crippen LogP contribution in [0.3, 0.4) is 0 Å². The van der Waals surface area contributed by atoms with Gasteiger partial charge in [-0.15, -0.1) is 0 Å². The summed E-state index contributed by atoms with van der Waals surface area (Å²) in [7, 11) is 0. The minimum Gasteiger partial charge on any atom is -0.327 e. The highest BCUT2D eigenvalue weighted by atomic mass is 16.2. The minimum absolute atomic E-state index is 0.0313. The third-order valence-corrected chi connectivity index (χ3v) is 3.97. The van der Waals surface area contributed by atoms with Gasteiger partial charge >= 0.3 is 0 Å². The molecule has 3 atom stereocenters. The standard InChI is InChI=1S/C14H29N3O/c1-10-7-6-8-11(2)17(10)16-13(18)9-12(15)14(3,4)5/h10-12H,6-9,15H2,1-5H3,(H,16,18). The molecule has 3 N–H and O–H groups in total. The van der Waals surface area contributed by atoms with Crippen LogP contribution in [0, 0.1) is 5.41 Å². The monoisotopic (exact) mass is 255 g/mol. The Morgan fingerprint density at radius 1 is 1.33 bits per heavy atom. The van der Waals surface area contributed by atoms with Crippen molar-refractivity contribution in [3.63, 3.8) is 0 Å².